The first-order chi connectivity index (χ1) is 16.0. The van der Waals surface area contributed by atoms with E-state index in [0.29, 0.717) is 28.3 Å². The summed E-state index contributed by atoms with van der Waals surface area (Å²) >= 11 is 0. The molecule has 0 amide bonds. The number of hydrogen-bond donors (Lipinski definition) is 1. The highest BCUT2D eigenvalue weighted by Crippen LogP contribution is 2.42. The van der Waals surface area contributed by atoms with Gasteiger partial charge in [-0.05, 0) is 55.7 Å². The number of halogens is 2. The predicted molar refractivity (Wildman–Crippen MR) is 125 cm³/mol. The monoisotopic (exact) mass is 448 g/mol. The van der Waals surface area contributed by atoms with Gasteiger partial charge in [0.15, 0.2) is 5.82 Å². The van der Waals surface area contributed by atoms with Gasteiger partial charge in [-0.1, -0.05) is 6.42 Å². The number of anilines is 1. The van der Waals surface area contributed by atoms with Crippen molar-refractivity contribution in [3.63, 3.8) is 0 Å². The standard InChI is InChI=1S/C25H26F2N6/c1-25(26,27)20-12-17-16(8-9-29-22(17)31-20)23-30-19-14-28-13-18(15-6-5-7-15)21(19)24(32-23)33-10-3-2-4-11-33/h8-9,12-15H,2-7,10-11H2,1H3,(H,29,31). The van der Waals surface area contributed by atoms with E-state index in [2.05, 4.69) is 19.9 Å². The smallest absolute Gasteiger partial charge is 0.284 e. The Kier molecular flexibility index (Phi) is 4.78. The van der Waals surface area contributed by atoms with Crippen LogP contribution in [0.4, 0.5) is 14.6 Å². The molecule has 33 heavy (non-hydrogen) atoms. The molecule has 0 aromatic carbocycles. The SMILES string of the molecule is CC(F)(F)c1cc2c(-c3nc(N4CCCCC4)c4c(C5CCC5)cncc4n3)ccnc2[nH]1. The van der Waals surface area contributed by atoms with E-state index >= 15 is 0 Å². The summed E-state index contributed by atoms with van der Waals surface area (Å²) in [5.74, 6) is -1.01. The highest BCUT2D eigenvalue weighted by Gasteiger charge is 2.29. The van der Waals surface area contributed by atoms with Crippen LogP contribution in [0.5, 0.6) is 0 Å². The van der Waals surface area contributed by atoms with Crippen LogP contribution < -0.4 is 4.90 Å². The minimum atomic E-state index is -2.98. The molecule has 0 radical (unpaired) electrons. The van der Waals surface area contributed by atoms with Gasteiger partial charge in [0.05, 0.1) is 17.4 Å². The van der Waals surface area contributed by atoms with Gasteiger partial charge in [0.25, 0.3) is 5.92 Å². The Labute approximate surface area is 190 Å². The van der Waals surface area contributed by atoms with E-state index in [-0.39, 0.29) is 5.69 Å². The van der Waals surface area contributed by atoms with Gasteiger partial charge in [-0.2, -0.15) is 0 Å². The van der Waals surface area contributed by atoms with E-state index < -0.39 is 5.92 Å². The first-order valence-electron chi connectivity index (χ1n) is 11.8. The summed E-state index contributed by atoms with van der Waals surface area (Å²) in [6.45, 7) is 2.80. The van der Waals surface area contributed by atoms with Gasteiger partial charge in [0.1, 0.15) is 11.5 Å². The fourth-order valence-corrected chi connectivity index (χ4v) is 5.03. The number of pyridine rings is 2. The summed E-state index contributed by atoms with van der Waals surface area (Å²) in [6.07, 6.45) is 12.5. The molecule has 1 saturated carbocycles. The van der Waals surface area contributed by atoms with Crippen molar-refractivity contribution in [2.24, 2.45) is 0 Å². The van der Waals surface area contributed by atoms with E-state index in [9.17, 15) is 8.78 Å². The average Bonchev–Trinajstić information content (AvgIpc) is 3.23. The van der Waals surface area contributed by atoms with Gasteiger partial charge >= 0.3 is 0 Å². The Morgan fingerprint density at radius 1 is 1.06 bits per heavy atom. The third-order valence-electron chi connectivity index (χ3n) is 7.06. The molecule has 0 atom stereocenters. The largest absolute Gasteiger partial charge is 0.356 e. The third-order valence-corrected chi connectivity index (χ3v) is 7.06. The van der Waals surface area contributed by atoms with Crippen LogP contribution >= 0.6 is 0 Å². The molecular formula is C25H26F2N6. The Balaban J connectivity index is 1.58. The van der Waals surface area contributed by atoms with Crippen LogP contribution in [0.15, 0.2) is 30.7 Å². The fourth-order valence-electron chi connectivity index (χ4n) is 5.03. The molecule has 1 aliphatic heterocycles. The summed E-state index contributed by atoms with van der Waals surface area (Å²) in [5.41, 5.74) is 2.99. The third kappa shape index (κ3) is 3.52. The van der Waals surface area contributed by atoms with Gasteiger partial charge in [-0.25, -0.2) is 23.7 Å². The molecule has 0 spiro atoms. The molecule has 4 aromatic rings. The van der Waals surface area contributed by atoms with Gasteiger partial charge in [-0.15, -0.1) is 0 Å². The maximum absolute atomic E-state index is 14.0. The van der Waals surface area contributed by atoms with Crippen molar-refractivity contribution in [1.82, 2.24) is 24.9 Å². The molecule has 6 rings (SSSR count). The highest BCUT2D eigenvalue weighted by molar-refractivity contribution is 5.97. The van der Waals surface area contributed by atoms with Crippen LogP contribution in [0.1, 0.15) is 62.6 Å². The van der Waals surface area contributed by atoms with Crippen molar-refractivity contribution in [2.75, 3.05) is 18.0 Å². The Morgan fingerprint density at radius 2 is 1.88 bits per heavy atom. The lowest BCUT2D eigenvalue weighted by Gasteiger charge is -2.32. The molecule has 6 nitrogen and oxygen atoms in total. The van der Waals surface area contributed by atoms with Crippen LogP contribution in [0.25, 0.3) is 33.3 Å². The van der Waals surface area contributed by atoms with Crippen molar-refractivity contribution in [3.8, 4) is 11.4 Å². The number of nitrogens with zero attached hydrogens (tertiary/aromatic N) is 5. The van der Waals surface area contributed by atoms with Crippen molar-refractivity contribution >= 4 is 27.8 Å². The molecule has 8 heteroatoms. The summed E-state index contributed by atoms with van der Waals surface area (Å²) < 4.78 is 28.0. The number of aromatic nitrogens is 5. The maximum Gasteiger partial charge on any atom is 0.284 e. The number of aromatic amines is 1. The maximum atomic E-state index is 14.0. The first-order valence-corrected chi connectivity index (χ1v) is 11.8. The van der Waals surface area contributed by atoms with Crippen LogP contribution in [-0.2, 0) is 5.92 Å². The van der Waals surface area contributed by atoms with Gasteiger partial charge < -0.3 is 9.88 Å². The fraction of sp³-hybridized carbons (Fsp3) is 0.440. The predicted octanol–water partition coefficient (Wildman–Crippen LogP) is 5.94. The van der Waals surface area contributed by atoms with E-state index in [4.69, 9.17) is 9.97 Å². The van der Waals surface area contributed by atoms with Gasteiger partial charge in [0, 0.05) is 48.7 Å². The Morgan fingerprint density at radius 3 is 2.61 bits per heavy atom. The summed E-state index contributed by atoms with van der Waals surface area (Å²) in [7, 11) is 0. The second kappa shape index (κ2) is 7.71. The van der Waals surface area contributed by atoms with E-state index in [1.165, 1.54) is 37.3 Å². The van der Waals surface area contributed by atoms with Crippen molar-refractivity contribution in [1.29, 1.82) is 0 Å². The molecule has 170 valence electrons. The lowest BCUT2D eigenvalue weighted by atomic mass is 9.79. The van der Waals surface area contributed by atoms with Crippen molar-refractivity contribution < 1.29 is 8.78 Å². The van der Waals surface area contributed by atoms with Gasteiger partial charge in [-0.3, -0.25) is 4.98 Å². The van der Waals surface area contributed by atoms with E-state index in [1.807, 2.05) is 6.20 Å². The number of piperidine rings is 1. The quantitative estimate of drug-likeness (QED) is 0.419. The number of fused-ring (bicyclic) bond motifs is 2. The Bertz CT molecular complexity index is 1330. The molecule has 1 saturated heterocycles. The lowest BCUT2D eigenvalue weighted by molar-refractivity contribution is 0.0135. The zero-order chi connectivity index (χ0) is 22.6. The zero-order valence-corrected chi connectivity index (χ0v) is 18.6. The second-order valence-corrected chi connectivity index (χ2v) is 9.36. The molecule has 4 aromatic heterocycles. The number of H-pyrrole nitrogens is 1. The summed E-state index contributed by atoms with van der Waals surface area (Å²) in [5, 5.41) is 1.70. The van der Waals surface area contributed by atoms with E-state index in [0.717, 1.165) is 49.6 Å². The van der Waals surface area contributed by atoms with Crippen LogP contribution in [0.3, 0.4) is 0 Å². The normalized spacial score (nSPS) is 17.6. The summed E-state index contributed by atoms with van der Waals surface area (Å²) in [4.78, 5) is 23.9. The number of rotatable bonds is 4. The lowest BCUT2D eigenvalue weighted by Crippen LogP contribution is -2.31. The number of alkyl halides is 2. The molecule has 2 fully saturated rings. The first kappa shape index (κ1) is 20.4. The average molecular weight is 449 g/mol. The molecule has 5 heterocycles. The Hall–Kier alpha value is -3.16. The molecule has 1 N–H and O–H groups in total. The van der Waals surface area contributed by atoms with Crippen LogP contribution in [0.2, 0.25) is 0 Å². The topological polar surface area (TPSA) is 70.6 Å². The molecule has 2 aliphatic rings. The number of nitrogens with one attached hydrogen (secondary N) is 1. The highest BCUT2D eigenvalue weighted by atomic mass is 19.3. The van der Waals surface area contributed by atoms with Gasteiger partial charge in [0.2, 0.25) is 0 Å². The molecule has 0 bridgehead atoms. The van der Waals surface area contributed by atoms with Crippen molar-refractivity contribution in [2.45, 2.75) is 57.3 Å². The zero-order valence-electron chi connectivity index (χ0n) is 18.6. The van der Waals surface area contributed by atoms with Crippen LogP contribution in [0, 0.1) is 0 Å². The van der Waals surface area contributed by atoms with Crippen molar-refractivity contribution in [3.05, 3.63) is 42.0 Å². The van der Waals surface area contributed by atoms with Crippen LogP contribution in [-0.4, -0.2) is 38.0 Å². The number of hydrogen-bond acceptors (Lipinski definition) is 5. The minimum Gasteiger partial charge on any atom is -0.356 e. The molecular weight excluding hydrogens is 422 g/mol. The van der Waals surface area contributed by atoms with E-state index in [1.54, 1.807) is 18.5 Å². The molecule has 0 unspecified atom stereocenters. The summed E-state index contributed by atoms with van der Waals surface area (Å²) in [6, 6.07) is 3.27. The second-order valence-electron chi connectivity index (χ2n) is 9.36. The molecule has 1 aliphatic carbocycles. The minimum absolute atomic E-state index is 0.163.